The number of hydrazone groups is 1. The molecular formula is C24H33N3O5S. The maximum absolute atomic E-state index is 13.7. The largest absolute Gasteiger partial charge is 0.493 e. The Labute approximate surface area is 196 Å². The van der Waals surface area contributed by atoms with E-state index in [0.29, 0.717) is 11.4 Å². The van der Waals surface area contributed by atoms with Crippen LogP contribution in [-0.4, -0.2) is 40.8 Å². The number of carbonyl (C=O) groups is 1. The number of rotatable bonds is 8. The normalized spacial score (nSPS) is 12.3. The summed E-state index contributed by atoms with van der Waals surface area (Å²) in [4.78, 5) is 12.7. The van der Waals surface area contributed by atoms with Crippen LogP contribution in [0.2, 0.25) is 0 Å². The van der Waals surface area contributed by atoms with Crippen LogP contribution in [0.15, 0.2) is 46.4 Å². The van der Waals surface area contributed by atoms with Crippen LogP contribution in [0.4, 0.5) is 5.69 Å². The Kier molecular flexibility index (Phi) is 8.13. The number of nitrogens with one attached hydrogen (secondary N) is 1. The average molecular weight is 476 g/mol. The van der Waals surface area contributed by atoms with Crippen molar-refractivity contribution >= 4 is 27.3 Å². The lowest BCUT2D eigenvalue weighted by Gasteiger charge is -2.25. The Balaban J connectivity index is 2.52. The summed E-state index contributed by atoms with van der Waals surface area (Å²) in [5, 5.41) is 4.14. The van der Waals surface area contributed by atoms with Gasteiger partial charge >= 0.3 is 0 Å². The molecule has 0 aromatic heterocycles. The standard InChI is InChI=1S/C24H33N3O5S/c1-16-11-17(2)13-19(12-16)27(15-23(28)26-25-18(3)24(4,5)6)33(29,30)20-9-10-21(31-7)22(14-20)32-8/h9-14H,15H2,1-8H3,(H,26,28)/b25-18-. The molecule has 180 valence electrons. The van der Waals surface area contributed by atoms with Gasteiger partial charge in [-0.05, 0) is 56.2 Å². The van der Waals surface area contributed by atoms with Gasteiger partial charge in [-0.3, -0.25) is 9.10 Å². The zero-order valence-electron chi connectivity index (χ0n) is 20.5. The fraction of sp³-hybridized carbons (Fsp3) is 0.417. The molecule has 2 aromatic carbocycles. The molecule has 2 aromatic rings. The monoisotopic (exact) mass is 475 g/mol. The predicted octanol–water partition coefficient (Wildman–Crippen LogP) is 4.05. The van der Waals surface area contributed by atoms with Gasteiger partial charge in [-0.15, -0.1) is 0 Å². The van der Waals surface area contributed by atoms with Gasteiger partial charge < -0.3 is 9.47 Å². The highest BCUT2D eigenvalue weighted by atomic mass is 32.2. The molecule has 0 saturated carbocycles. The molecule has 1 amide bonds. The third kappa shape index (κ3) is 6.47. The van der Waals surface area contributed by atoms with E-state index in [1.807, 2.05) is 47.6 Å². The molecule has 0 bridgehead atoms. The number of amides is 1. The minimum absolute atomic E-state index is 0.0264. The van der Waals surface area contributed by atoms with Crippen LogP contribution < -0.4 is 19.2 Å². The average Bonchev–Trinajstić information content (AvgIpc) is 2.73. The van der Waals surface area contributed by atoms with Crippen molar-refractivity contribution in [1.29, 1.82) is 0 Å². The lowest BCUT2D eigenvalue weighted by atomic mass is 9.91. The first kappa shape index (κ1) is 26.2. The number of ether oxygens (including phenoxy) is 2. The van der Waals surface area contributed by atoms with Crippen LogP contribution in [0.1, 0.15) is 38.8 Å². The van der Waals surface area contributed by atoms with E-state index in [2.05, 4.69) is 10.5 Å². The zero-order valence-corrected chi connectivity index (χ0v) is 21.3. The summed E-state index contributed by atoms with van der Waals surface area (Å²) in [6.45, 7) is 11.0. The number of hydrogen-bond donors (Lipinski definition) is 1. The van der Waals surface area contributed by atoms with Crippen molar-refractivity contribution in [3.63, 3.8) is 0 Å². The molecule has 33 heavy (non-hydrogen) atoms. The van der Waals surface area contributed by atoms with Gasteiger partial charge in [-0.25, -0.2) is 13.8 Å². The summed E-state index contributed by atoms with van der Waals surface area (Å²) < 4.78 is 38.9. The molecule has 9 heteroatoms. The van der Waals surface area contributed by atoms with Crippen LogP contribution in [0, 0.1) is 19.3 Å². The van der Waals surface area contributed by atoms with E-state index in [4.69, 9.17) is 9.47 Å². The van der Waals surface area contributed by atoms with Crippen LogP contribution in [-0.2, 0) is 14.8 Å². The summed E-state index contributed by atoms with van der Waals surface area (Å²) in [5.41, 5.74) is 5.10. The molecule has 1 N–H and O–H groups in total. The minimum atomic E-state index is -4.12. The topological polar surface area (TPSA) is 97.3 Å². The second-order valence-corrected chi connectivity index (χ2v) is 10.7. The first-order valence-corrected chi connectivity index (χ1v) is 11.9. The predicted molar refractivity (Wildman–Crippen MR) is 131 cm³/mol. The van der Waals surface area contributed by atoms with E-state index < -0.39 is 22.5 Å². The SMILES string of the molecule is COc1ccc(S(=O)(=O)N(CC(=O)N/N=C(/C)C(C)(C)C)c2cc(C)cc(C)c2)cc1OC. The molecule has 0 heterocycles. The van der Waals surface area contributed by atoms with E-state index in [9.17, 15) is 13.2 Å². The summed E-state index contributed by atoms with van der Waals surface area (Å²) in [7, 11) is -1.22. The van der Waals surface area contributed by atoms with Crippen LogP contribution in [0.25, 0.3) is 0 Å². The number of sulfonamides is 1. The minimum Gasteiger partial charge on any atom is -0.493 e. The van der Waals surface area contributed by atoms with E-state index >= 15 is 0 Å². The Morgan fingerprint density at radius 3 is 2.09 bits per heavy atom. The highest BCUT2D eigenvalue weighted by Gasteiger charge is 2.29. The lowest BCUT2D eigenvalue weighted by Crippen LogP contribution is -2.40. The van der Waals surface area contributed by atoms with E-state index in [0.717, 1.165) is 21.1 Å². The maximum atomic E-state index is 13.7. The van der Waals surface area contributed by atoms with E-state index in [-0.39, 0.29) is 16.1 Å². The third-order valence-corrected chi connectivity index (χ3v) is 6.93. The number of aryl methyl sites for hydroxylation is 2. The molecule has 0 saturated heterocycles. The highest BCUT2D eigenvalue weighted by Crippen LogP contribution is 2.32. The highest BCUT2D eigenvalue weighted by molar-refractivity contribution is 7.92. The van der Waals surface area contributed by atoms with Crippen molar-refractivity contribution in [2.24, 2.45) is 10.5 Å². The second-order valence-electron chi connectivity index (χ2n) is 8.86. The molecular weight excluding hydrogens is 442 g/mol. The number of anilines is 1. The van der Waals surface area contributed by atoms with Gasteiger partial charge in [0.15, 0.2) is 11.5 Å². The van der Waals surface area contributed by atoms with Gasteiger partial charge in [0.05, 0.1) is 24.8 Å². The second kappa shape index (κ2) is 10.2. The van der Waals surface area contributed by atoms with E-state index in [1.54, 1.807) is 12.1 Å². The molecule has 8 nitrogen and oxygen atoms in total. The Morgan fingerprint density at radius 1 is 1.00 bits per heavy atom. The zero-order chi connectivity index (χ0) is 25.0. The Morgan fingerprint density at radius 2 is 1.58 bits per heavy atom. The number of nitrogens with zero attached hydrogens (tertiary/aromatic N) is 2. The Bertz CT molecular complexity index is 1130. The van der Waals surface area contributed by atoms with Crippen LogP contribution >= 0.6 is 0 Å². The number of benzene rings is 2. The van der Waals surface area contributed by atoms with Crippen molar-refractivity contribution < 1.29 is 22.7 Å². The number of methoxy groups -OCH3 is 2. The molecule has 0 aliphatic heterocycles. The quantitative estimate of drug-likeness (QED) is 0.459. The molecule has 2 rings (SSSR count). The summed E-state index contributed by atoms with van der Waals surface area (Å²) in [6.07, 6.45) is 0. The van der Waals surface area contributed by atoms with Crippen LogP contribution in [0.5, 0.6) is 11.5 Å². The van der Waals surface area contributed by atoms with Gasteiger partial charge in [0, 0.05) is 17.2 Å². The van der Waals surface area contributed by atoms with Gasteiger partial charge in [0.25, 0.3) is 15.9 Å². The summed E-state index contributed by atoms with van der Waals surface area (Å²) in [5.74, 6) is 0.120. The molecule has 0 aliphatic carbocycles. The van der Waals surface area contributed by atoms with Crippen molar-refractivity contribution in [2.75, 3.05) is 25.1 Å². The number of carbonyl (C=O) groups excluding carboxylic acids is 1. The molecule has 0 fully saturated rings. The fourth-order valence-corrected chi connectivity index (χ4v) is 4.41. The van der Waals surface area contributed by atoms with Crippen LogP contribution in [0.3, 0.4) is 0 Å². The van der Waals surface area contributed by atoms with Crippen molar-refractivity contribution in [1.82, 2.24) is 5.43 Å². The summed E-state index contributed by atoms with van der Waals surface area (Å²) in [6, 6.07) is 9.70. The lowest BCUT2D eigenvalue weighted by molar-refractivity contribution is -0.119. The molecule has 0 atom stereocenters. The maximum Gasteiger partial charge on any atom is 0.264 e. The summed E-state index contributed by atoms with van der Waals surface area (Å²) >= 11 is 0. The van der Waals surface area contributed by atoms with Gasteiger partial charge in [-0.2, -0.15) is 5.10 Å². The first-order chi connectivity index (χ1) is 15.3. The molecule has 0 aliphatic rings. The fourth-order valence-electron chi connectivity index (χ4n) is 2.99. The van der Waals surface area contributed by atoms with Crippen molar-refractivity contribution in [3.05, 3.63) is 47.5 Å². The van der Waals surface area contributed by atoms with Gasteiger partial charge in [0.2, 0.25) is 0 Å². The van der Waals surface area contributed by atoms with Gasteiger partial charge in [-0.1, -0.05) is 26.8 Å². The third-order valence-electron chi connectivity index (χ3n) is 5.16. The number of hydrogen-bond acceptors (Lipinski definition) is 6. The van der Waals surface area contributed by atoms with Crippen molar-refractivity contribution in [2.45, 2.75) is 46.4 Å². The molecule has 0 spiro atoms. The van der Waals surface area contributed by atoms with Gasteiger partial charge in [0.1, 0.15) is 6.54 Å². The van der Waals surface area contributed by atoms with Crippen molar-refractivity contribution in [3.8, 4) is 11.5 Å². The Hall–Kier alpha value is -3.07. The molecule has 0 radical (unpaired) electrons. The smallest absolute Gasteiger partial charge is 0.264 e. The van der Waals surface area contributed by atoms with E-state index in [1.165, 1.54) is 32.4 Å². The molecule has 0 unspecified atom stereocenters. The first-order valence-electron chi connectivity index (χ1n) is 10.5.